The van der Waals surface area contributed by atoms with E-state index in [2.05, 4.69) is 13.8 Å². The Morgan fingerprint density at radius 1 is 1.00 bits per heavy atom. The Labute approximate surface area is 236 Å². The van der Waals surface area contributed by atoms with Crippen molar-refractivity contribution in [2.45, 2.75) is 114 Å². The van der Waals surface area contributed by atoms with E-state index in [-0.39, 0.29) is 34.7 Å². The molecule has 4 saturated carbocycles. The largest absolute Gasteiger partial charge is 0.458 e. The first kappa shape index (κ1) is 29.0. The van der Waals surface area contributed by atoms with Crippen LogP contribution in [0, 0.1) is 34.5 Å². The summed E-state index contributed by atoms with van der Waals surface area (Å²) in [6.45, 7) is 4.53. The maximum absolute atomic E-state index is 12.4. The Bertz CT molecular complexity index is 1020. The lowest BCUT2D eigenvalue weighted by Crippen LogP contribution is -2.66. The van der Waals surface area contributed by atoms with Gasteiger partial charge in [0.15, 0.2) is 6.23 Å². The van der Waals surface area contributed by atoms with Crippen LogP contribution in [0.5, 0.6) is 0 Å². The summed E-state index contributed by atoms with van der Waals surface area (Å²) in [6.07, 6.45) is 3.63. The van der Waals surface area contributed by atoms with Gasteiger partial charge in [-0.2, -0.15) is 5.06 Å². The molecule has 0 aromatic rings. The number of hydrogen-bond acceptors (Lipinski definition) is 10. The third-order valence-electron chi connectivity index (χ3n) is 12.6. The van der Waals surface area contributed by atoms with Crippen LogP contribution >= 0.6 is 0 Å². The lowest BCUT2D eigenvalue weighted by atomic mass is 9.43. The van der Waals surface area contributed by atoms with E-state index >= 15 is 0 Å². The molecule has 10 heteroatoms. The van der Waals surface area contributed by atoms with E-state index in [1.54, 1.807) is 11.1 Å². The Balaban J connectivity index is 1.19. The molecule has 0 aromatic carbocycles. The average molecular weight is 566 g/mol. The predicted molar refractivity (Wildman–Crippen MR) is 142 cm³/mol. The third-order valence-corrected chi connectivity index (χ3v) is 12.6. The number of carbonyl (C=O) groups excluding carboxylic acids is 1. The van der Waals surface area contributed by atoms with Gasteiger partial charge in [-0.05, 0) is 92.4 Å². The molecule has 0 radical (unpaired) electrons. The normalized spacial score (nSPS) is 52.5. The second-order valence-corrected chi connectivity index (χ2v) is 14.0. The Kier molecular flexibility index (Phi) is 7.43. The summed E-state index contributed by atoms with van der Waals surface area (Å²) >= 11 is 0. The highest BCUT2D eigenvalue weighted by Crippen LogP contribution is 2.70. The fraction of sp³-hybridized carbons (Fsp3) is 0.900. The van der Waals surface area contributed by atoms with Crippen LogP contribution in [0.3, 0.4) is 0 Å². The summed E-state index contributed by atoms with van der Waals surface area (Å²) in [4.78, 5) is 17.6. The SMILES string of the molecule is CON(C1O[C@@H](CO)[C@@H](O)[C@H](O)[C@H]1O)[C@@H]1CC[C@@]2(C)C(CCC3C2CC[C@]2(C)[C@@H](C4=CC(=O)OC4)CC[C@]32O)C1. The van der Waals surface area contributed by atoms with Crippen molar-refractivity contribution in [3.05, 3.63) is 11.6 Å². The molecule has 10 nitrogen and oxygen atoms in total. The molecule has 13 atom stereocenters. The van der Waals surface area contributed by atoms with Crippen molar-refractivity contribution in [3.8, 4) is 0 Å². The molecule has 0 aromatic heterocycles. The zero-order valence-electron chi connectivity index (χ0n) is 23.9. The standard InChI is InChI=1S/C30H47NO9/c1-28-9-6-18(31(38-3)27-26(36)25(35)24(34)22(14-32)40-27)13-17(28)4-5-21-20(28)7-10-29(2)19(8-11-30(21,29)37)16-12-23(33)39-15-16/h12,17-22,24-27,32,34-37H,4-11,13-15H2,1-3H3/t17?,18-,19-,20?,21?,22+,24-,25+,26-,27?,28+,29-,30+/m1/s1. The summed E-state index contributed by atoms with van der Waals surface area (Å²) < 4.78 is 11.1. The van der Waals surface area contributed by atoms with Crippen LogP contribution in [0.1, 0.15) is 71.6 Å². The van der Waals surface area contributed by atoms with Crippen molar-refractivity contribution in [1.82, 2.24) is 5.06 Å². The fourth-order valence-corrected chi connectivity index (χ4v) is 10.4. The van der Waals surface area contributed by atoms with Gasteiger partial charge in [0, 0.05) is 17.5 Å². The highest BCUT2D eigenvalue weighted by atomic mass is 16.7. The monoisotopic (exact) mass is 565 g/mol. The molecule has 1 saturated heterocycles. The lowest BCUT2D eigenvalue weighted by molar-refractivity contribution is -0.344. The molecule has 4 aliphatic carbocycles. The van der Waals surface area contributed by atoms with Crippen LogP contribution in [-0.2, 0) is 19.1 Å². The zero-order valence-corrected chi connectivity index (χ0v) is 23.9. The number of cyclic esters (lactones) is 1. The van der Waals surface area contributed by atoms with Gasteiger partial charge < -0.3 is 35.0 Å². The minimum Gasteiger partial charge on any atom is -0.458 e. The number of aliphatic hydroxyl groups excluding tert-OH is 4. The van der Waals surface area contributed by atoms with Gasteiger partial charge in [-0.15, -0.1) is 0 Å². The number of hydrogen-bond donors (Lipinski definition) is 5. The predicted octanol–water partition coefficient (Wildman–Crippen LogP) is 1.28. The summed E-state index contributed by atoms with van der Waals surface area (Å²) in [6, 6.07) is -0.0549. The lowest BCUT2D eigenvalue weighted by Gasteiger charge is -2.64. The maximum atomic E-state index is 12.4. The van der Waals surface area contributed by atoms with Crippen molar-refractivity contribution in [2.75, 3.05) is 20.3 Å². The van der Waals surface area contributed by atoms with E-state index in [0.717, 1.165) is 63.4 Å². The minimum atomic E-state index is -1.45. The van der Waals surface area contributed by atoms with Crippen LogP contribution in [0.4, 0.5) is 0 Å². The first-order valence-electron chi connectivity index (χ1n) is 15.2. The number of rotatable bonds is 5. The quantitative estimate of drug-likeness (QED) is 0.244. The van der Waals surface area contributed by atoms with Gasteiger partial charge in [-0.25, -0.2) is 4.79 Å². The second kappa shape index (κ2) is 10.3. The molecule has 6 aliphatic rings. The van der Waals surface area contributed by atoms with E-state index < -0.39 is 42.9 Å². The number of aliphatic hydroxyl groups is 5. The number of esters is 1. The topological polar surface area (TPSA) is 149 Å². The number of ether oxygens (including phenoxy) is 2. The number of fused-ring (bicyclic) bond motifs is 5. The summed E-state index contributed by atoms with van der Waals surface area (Å²) in [5.41, 5.74) is 0.0988. The zero-order chi connectivity index (χ0) is 28.6. The summed E-state index contributed by atoms with van der Waals surface area (Å²) in [7, 11) is 1.53. The smallest absolute Gasteiger partial charge is 0.331 e. The van der Waals surface area contributed by atoms with Crippen LogP contribution in [-0.4, -0.2) is 99.2 Å². The first-order chi connectivity index (χ1) is 19.0. The molecule has 5 N–H and O–H groups in total. The molecule has 226 valence electrons. The van der Waals surface area contributed by atoms with Crippen molar-refractivity contribution in [2.24, 2.45) is 34.5 Å². The van der Waals surface area contributed by atoms with Gasteiger partial charge in [0.05, 0.1) is 19.3 Å². The third kappa shape index (κ3) is 4.08. The molecular weight excluding hydrogens is 518 g/mol. The first-order valence-corrected chi connectivity index (χ1v) is 15.2. The van der Waals surface area contributed by atoms with Gasteiger partial charge in [-0.3, -0.25) is 4.84 Å². The second-order valence-electron chi connectivity index (χ2n) is 14.0. The van der Waals surface area contributed by atoms with Crippen LogP contribution in [0.25, 0.3) is 0 Å². The Hall–Kier alpha value is -1.11. The van der Waals surface area contributed by atoms with Gasteiger partial charge in [0.1, 0.15) is 31.0 Å². The molecule has 0 bridgehead atoms. The van der Waals surface area contributed by atoms with E-state index in [9.17, 15) is 30.3 Å². The van der Waals surface area contributed by atoms with Crippen LogP contribution < -0.4 is 0 Å². The van der Waals surface area contributed by atoms with Gasteiger partial charge in [0.25, 0.3) is 0 Å². The number of carbonyl (C=O) groups is 1. The molecule has 6 rings (SSSR count). The van der Waals surface area contributed by atoms with Crippen LogP contribution in [0.2, 0.25) is 0 Å². The molecular formula is C30H47NO9. The average Bonchev–Trinajstić information content (AvgIpc) is 3.48. The summed E-state index contributed by atoms with van der Waals surface area (Å²) in [5.74, 6) is 0.949. The van der Waals surface area contributed by atoms with E-state index in [0.29, 0.717) is 18.4 Å². The van der Waals surface area contributed by atoms with Crippen molar-refractivity contribution in [3.63, 3.8) is 0 Å². The van der Waals surface area contributed by atoms with Crippen LogP contribution in [0.15, 0.2) is 11.6 Å². The molecule has 0 spiro atoms. The Morgan fingerprint density at radius 3 is 2.45 bits per heavy atom. The van der Waals surface area contributed by atoms with Gasteiger partial charge >= 0.3 is 5.97 Å². The van der Waals surface area contributed by atoms with Crippen molar-refractivity contribution < 1.29 is 44.6 Å². The molecule has 2 heterocycles. The molecule has 4 unspecified atom stereocenters. The maximum Gasteiger partial charge on any atom is 0.331 e. The highest BCUT2D eigenvalue weighted by molar-refractivity contribution is 5.85. The summed E-state index contributed by atoms with van der Waals surface area (Å²) in [5, 5.41) is 55.1. The van der Waals surface area contributed by atoms with Gasteiger partial charge in [0.2, 0.25) is 0 Å². The van der Waals surface area contributed by atoms with E-state index in [1.807, 2.05) is 0 Å². The van der Waals surface area contributed by atoms with Crippen molar-refractivity contribution in [1.29, 1.82) is 0 Å². The fourth-order valence-electron chi connectivity index (χ4n) is 10.4. The number of hydroxylamine groups is 2. The highest BCUT2D eigenvalue weighted by Gasteiger charge is 2.68. The van der Waals surface area contributed by atoms with E-state index in [1.165, 1.54) is 7.11 Å². The van der Waals surface area contributed by atoms with Gasteiger partial charge in [-0.1, -0.05) is 13.8 Å². The minimum absolute atomic E-state index is 0.0549. The number of nitrogens with zero attached hydrogens (tertiary/aromatic N) is 1. The molecule has 5 fully saturated rings. The molecule has 40 heavy (non-hydrogen) atoms. The Morgan fingerprint density at radius 2 is 1.77 bits per heavy atom. The van der Waals surface area contributed by atoms with E-state index in [4.69, 9.17) is 14.3 Å². The molecule has 0 amide bonds. The molecule has 2 aliphatic heterocycles. The van der Waals surface area contributed by atoms with Crippen molar-refractivity contribution >= 4 is 5.97 Å².